The number of rotatable bonds is 3. The monoisotopic (exact) mass is 350 g/mol. The molecule has 1 aromatic heterocycles. The molecule has 4 rings (SSSR count). The summed E-state index contributed by atoms with van der Waals surface area (Å²) >= 11 is 0. The Labute approximate surface area is 150 Å². The van der Waals surface area contributed by atoms with Gasteiger partial charge in [-0.2, -0.15) is 0 Å². The maximum Gasteiger partial charge on any atom is 0.325 e. The highest BCUT2D eigenvalue weighted by atomic mass is 16.2. The van der Waals surface area contributed by atoms with Crippen LogP contribution < -0.4 is 10.6 Å². The molecule has 1 aliphatic carbocycles. The second-order valence-electron chi connectivity index (χ2n) is 6.52. The number of imide groups is 1. The Kier molecular flexibility index (Phi) is 3.91. The molecule has 7 nitrogen and oxygen atoms in total. The number of urea groups is 1. The van der Waals surface area contributed by atoms with E-state index < -0.39 is 17.5 Å². The van der Waals surface area contributed by atoms with Gasteiger partial charge >= 0.3 is 6.03 Å². The fourth-order valence-electron chi connectivity index (χ4n) is 3.73. The van der Waals surface area contributed by atoms with Gasteiger partial charge in [-0.3, -0.25) is 19.5 Å². The Bertz CT molecular complexity index is 883. The van der Waals surface area contributed by atoms with Crippen molar-refractivity contribution in [1.29, 1.82) is 0 Å². The largest absolute Gasteiger partial charge is 0.325 e. The normalized spacial score (nSPS) is 21.5. The molecule has 1 aliphatic heterocycles. The maximum absolute atomic E-state index is 13.1. The second kappa shape index (κ2) is 6.25. The number of amides is 4. The number of hydrogen-bond acceptors (Lipinski definition) is 4. The van der Waals surface area contributed by atoms with Crippen molar-refractivity contribution in [2.75, 3.05) is 11.9 Å². The molecule has 1 aromatic carbocycles. The Morgan fingerprint density at radius 1 is 1.19 bits per heavy atom. The zero-order valence-electron chi connectivity index (χ0n) is 14.1. The molecular weight excluding hydrogens is 332 g/mol. The molecule has 1 saturated heterocycles. The van der Waals surface area contributed by atoms with Crippen LogP contribution in [0.2, 0.25) is 0 Å². The first-order valence-corrected chi connectivity index (χ1v) is 8.52. The van der Waals surface area contributed by atoms with Crippen LogP contribution in [0.25, 0.3) is 0 Å². The predicted octanol–water partition coefficient (Wildman–Crippen LogP) is 1.80. The molecule has 1 fully saturated rings. The van der Waals surface area contributed by atoms with Gasteiger partial charge in [0.15, 0.2) is 0 Å². The quantitative estimate of drug-likeness (QED) is 0.826. The van der Waals surface area contributed by atoms with Crippen LogP contribution in [0.5, 0.6) is 0 Å². The van der Waals surface area contributed by atoms with Gasteiger partial charge in [-0.25, -0.2) is 4.79 Å². The lowest BCUT2D eigenvalue weighted by Crippen LogP contribution is -2.47. The van der Waals surface area contributed by atoms with Gasteiger partial charge in [0.2, 0.25) is 5.91 Å². The number of fused-ring (bicyclic) bond motifs is 2. The van der Waals surface area contributed by atoms with Crippen molar-refractivity contribution in [2.24, 2.45) is 0 Å². The molecule has 2 aliphatic rings. The Hall–Kier alpha value is -3.22. The number of benzene rings is 1. The molecular formula is C19H18N4O3. The molecule has 1 spiro atoms. The van der Waals surface area contributed by atoms with E-state index in [-0.39, 0.29) is 12.5 Å². The molecule has 1 atom stereocenters. The van der Waals surface area contributed by atoms with E-state index >= 15 is 0 Å². The molecule has 2 aromatic rings. The average molecular weight is 350 g/mol. The summed E-state index contributed by atoms with van der Waals surface area (Å²) in [4.78, 5) is 42.7. The van der Waals surface area contributed by atoms with Crippen LogP contribution in [-0.2, 0) is 21.5 Å². The third kappa shape index (κ3) is 2.61. The SMILES string of the molecule is O=C(CN1C(=O)NC2(CCCc3ccccc32)C1=O)Nc1ccncc1. The highest BCUT2D eigenvalue weighted by Gasteiger charge is 2.54. The van der Waals surface area contributed by atoms with Crippen molar-refractivity contribution in [3.63, 3.8) is 0 Å². The number of pyridine rings is 1. The van der Waals surface area contributed by atoms with Crippen LogP contribution in [0, 0.1) is 0 Å². The fraction of sp³-hybridized carbons (Fsp3) is 0.263. The minimum atomic E-state index is -1.05. The van der Waals surface area contributed by atoms with Crippen molar-refractivity contribution in [1.82, 2.24) is 15.2 Å². The number of carbonyl (C=O) groups is 3. The van der Waals surface area contributed by atoms with E-state index in [1.165, 1.54) is 0 Å². The molecule has 0 radical (unpaired) electrons. The fourth-order valence-corrected chi connectivity index (χ4v) is 3.73. The molecule has 4 amide bonds. The lowest BCUT2D eigenvalue weighted by Gasteiger charge is -2.33. The minimum absolute atomic E-state index is 0.323. The molecule has 7 heteroatoms. The summed E-state index contributed by atoms with van der Waals surface area (Å²) in [5.41, 5.74) is 1.41. The topological polar surface area (TPSA) is 91.4 Å². The molecule has 132 valence electrons. The van der Waals surface area contributed by atoms with Crippen LogP contribution in [0.1, 0.15) is 24.0 Å². The first-order valence-electron chi connectivity index (χ1n) is 8.52. The first-order chi connectivity index (χ1) is 12.6. The highest BCUT2D eigenvalue weighted by molar-refractivity contribution is 6.10. The van der Waals surface area contributed by atoms with Gasteiger partial charge in [-0.1, -0.05) is 24.3 Å². The van der Waals surface area contributed by atoms with E-state index in [1.807, 2.05) is 24.3 Å². The second-order valence-corrected chi connectivity index (χ2v) is 6.52. The summed E-state index contributed by atoms with van der Waals surface area (Å²) in [5, 5.41) is 5.51. The van der Waals surface area contributed by atoms with E-state index in [9.17, 15) is 14.4 Å². The van der Waals surface area contributed by atoms with Crippen LogP contribution in [-0.4, -0.2) is 34.3 Å². The van der Waals surface area contributed by atoms with Crippen LogP contribution in [0.15, 0.2) is 48.8 Å². The summed E-state index contributed by atoms with van der Waals surface area (Å²) in [5.74, 6) is -0.791. The smallest absolute Gasteiger partial charge is 0.324 e. The lowest BCUT2D eigenvalue weighted by atomic mass is 9.76. The van der Waals surface area contributed by atoms with Gasteiger partial charge < -0.3 is 10.6 Å². The zero-order valence-corrected chi connectivity index (χ0v) is 14.1. The maximum atomic E-state index is 13.1. The van der Waals surface area contributed by atoms with Crippen molar-refractivity contribution in [3.05, 3.63) is 59.9 Å². The number of aromatic nitrogens is 1. The standard InChI is InChI=1S/C19H18N4O3/c24-16(21-14-7-10-20-11-8-14)12-23-17(25)19(22-18(23)26)9-3-5-13-4-1-2-6-15(13)19/h1-2,4,6-8,10-11H,3,5,9,12H2,(H,22,26)(H,20,21,24). The van der Waals surface area contributed by atoms with Gasteiger partial charge in [-0.05, 0) is 42.5 Å². The van der Waals surface area contributed by atoms with Gasteiger partial charge in [-0.15, -0.1) is 0 Å². The third-order valence-electron chi connectivity index (χ3n) is 4.92. The van der Waals surface area contributed by atoms with Gasteiger partial charge in [0, 0.05) is 18.1 Å². The Balaban J connectivity index is 1.56. The number of hydrogen-bond donors (Lipinski definition) is 2. The molecule has 0 saturated carbocycles. The number of anilines is 1. The predicted molar refractivity (Wildman–Crippen MR) is 94.2 cm³/mol. The zero-order chi connectivity index (χ0) is 18.1. The van der Waals surface area contributed by atoms with E-state index in [0.717, 1.165) is 28.9 Å². The number of nitrogens with one attached hydrogen (secondary N) is 2. The summed E-state index contributed by atoms with van der Waals surface area (Å²) in [6.07, 6.45) is 5.33. The molecule has 1 unspecified atom stereocenters. The van der Waals surface area contributed by atoms with Crippen molar-refractivity contribution in [2.45, 2.75) is 24.8 Å². The number of carbonyl (C=O) groups excluding carboxylic acids is 3. The Morgan fingerprint density at radius 2 is 1.96 bits per heavy atom. The van der Waals surface area contributed by atoms with E-state index in [2.05, 4.69) is 15.6 Å². The summed E-state index contributed by atoms with van der Waals surface area (Å²) < 4.78 is 0. The van der Waals surface area contributed by atoms with Gasteiger partial charge in [0.25, 0.3) is 5.91 Å². The average Bonchev–Trinajstić information content (AvgIpc) is 2.88. The Morgan fingerprint density at radius 3 is 2.77 bits per heavy atom. The van der Waals surface area contributed by atoms with Crippen molar-refractivity contribution in [3.8, 4) is 0 Å². The first kappa shape index (κ1) is 16.3. The van der Waals surface area contributed by atoms with Crippen LogP contribution >= 0.6 is 0 Å². The lowest BCUT2D eigenvalue weighted by molar-refractivity contribution is -0.134. The molecule has 26 heavy (non-hydrogen) atoms. The molecule has 2 heterocycles. The van der Waals surface area contributed by atoms with Crippen LogP contribution in [0.4, 0.5) is 10.5 Å². The van der Waals surface area contributed by atoms with E-state index in [1.54, 1.807) is 24.5 Å². The molecule has 0 bridgehead atoms. The van der Waals surface area contributed by atoms with Gasteiger partial charge in [0.05, 0.1) is 0 Å². The summed E-state index contributed by atoms with van der Waals surface area (Å²) in [6, 6.07) is 10.4. The van der Waals surface area contributed by atoms with Crippen molar-refractivity contribution < 1.29 is 14.4 Å². The summed E-state index contributed by atoms with van der Waals surface area (Å²) in [7, 11) is 0. The van der Waals surface area contributed by atoms with Crippen LogP contribution in [0.3, 0.4) is 0 Å². The van der Waals surface area contributed by atoms with Crippen molar-refractivity contribution >= 4 is 23.5 Å². The van der Waals surface area contributed by atoms with Gasteiger partial charge in [0.1, 0.15) is 12.1 Å². The minimum Gasteiger partial charge on any atom is -0.324 e. The third-order valence-corrected chi connectivity index (χ3v) is 4.92. The number of aryl methyl sites for hydroxylation is 1. The molecule has 2 N–H and O–H groups in total. The van der Waals surface area contributed by atoms with E-state index in [4.69, 9.17) is 0 Å². The highest BCUT2D eigenvalue weighted by Crippen LogP contribution is 2.39. The summed E-state index contributed by atoms with van der Waals surface area (Å²) in [6.45, 7) is -0.323. The number of nitrogens with zero attached hydrogens (tertiary/aromatic N) is 2. The van der Waals surface area contributed by atoms with E-state index in [0.29, 0.717) is 12.1 Å².